The van der Waals surface area contributed by atoms with Gasteiger partial charge in [0.1, 0.15) is 0 Å². The van der Waals surface area contributed by atoms with E-state index in [1.54, 1.807) is 0 Å². The highest BCUT2D eigenvalue weighted by atomic mass is 16.2. The van der Waals surface area contributed by atoms with E-state index in [9.17, 15) is 4.79 Å². The lowest BCUT2D eigenvalue weighted by Gasteiger charge is -2.21. The molecule has 0 saturated carbocycles. The summed E-state index contributed by atoms with van der Waals surface area (Å²) in [5.74, 6) is 0. The number of rotatable bonds is 2. The molecule has 4 nitrogen and oxygen atoms in total. The van der Waals surface area contributed by atoms with Crippen LogP contribution < -0.4 is 11.1 Å². The summed E-state index contributed by atoms with van der Waals surface area (Å²) in [7, 11) is 0. The molecular formula is C13H19N3O. The molecule has 1 aliphatic heterocycles. The lowest BCUT2D eigenvalue weighted by Crippen LogP contribution is -2.37. The minimum Gasteiger partial charge on any atom is -0.326 e. The van der Waals surface area contributed by atoms with Crippen LogP contribution in [0.15, 0.2) is 24.3 Å². The molecule has 1 aliphatic rings. The molecule has 1 saturated heterocycles. The Labute approximate surface area is 102 Å². The van der Waals surface area contributed by atoms with E-state index in [1.165, 1.54) is 0 Å². The van der Waals surface area contributed by atoms with Gasteiger partial charge in [0.05, 0.1) is 0 Å². The first-order valence-electron chi connectivity index (χ1n) is 6.07. The van der Waals surface area contributed by atoms with Crippen molar-refractivity contribution in [2.45, 2.75) is 32.4 Å². The number of nitrogens with two attached hydrogens (primary N) is 1. The molecule has 2 amide bonds. The number of nitrogens with zero attached hydrogens (tertiary/aromatic N) is 1. The number of benzene rings is 1. The first-order valence-corrected chi connectivity index (χ1v) is 6.07. The molecule has 92 valence electrons. The van der Waals surface area contributed by atoms with Crippen LogP contribution in [-0.2, 0) is 6.54 Å². The first kappa shape index (κ1) is 11.9. The van der Waals surface area contributed by atoms with Gasteiger partial charge in [0.15, 0.2) is 0 Å². The second-order valence-electron chi connectivity index (χ2n) is 4.52. The molecule has 0 aliphatic carbocycles. The van der Waals surface area contributed by atoms with Gasteiger partial charge < -0.3 is 16.0 Å². The molecule has 1 atom stereocenters. The van der Waals surface area contributed by atoms with Crippen molar-refractivity contribution in [1.82, 2.24) is 4.90 Å². The third kappa shape index (κ3) is 2.77. The van der Waals surface area contributed by atoms with E-state index in [0.29, 0.717) is 12.6 Å². The largest absolute Gasteiger partial charge is 0.326 e. The van der Waals surface area contributed by atoms with E-state index in [0.717, 1.165) is 30.6 Å². The Bertz CT molecular complexity index is 405. The summed E-state index contributed by atoms with van der Waals surface area (Å²) in [6, 6.07) is 7.99. The number of nitrogens with one attached hydrogen (secondary N) is 1. The highest BCUT2D eigenvalue weighted by molar-refractivity contribution is 5.89. The lowest BCUT2D eigenvalue weighted by molar-refractivity contribution is 0.210. The van der Waals surface area contributed by atoms with Crippen LogP contribution >= 0.6 is 0 Å². The van der Waals surface area contributed by atoms with Crippen molar-refractivity contribution in [3.63, 3.8) is 0 Å². The fraction of sp³-hybridized carbons (Fsp3) is 0.462. The van der Waals surface area contributed by atoms with Crippen LogP contribution in [0.2, 0.25) is 0 Å². The molecule has 0 spiro atoms. The molecule has 0 aromatic heterocycles. The molecule has 1 fully saturated rings. The predicted molar refractivity (Wildman–Crippen MR) is 68.8 cm³/mol. The van der Waals surface area contributed by atoms with Crippen molar-refractivity contribution in [3.05, 3.63) is 29.8 Å². The average molecular weight is 233 g/mol. The number of urea groups is 1. The fourth-order valence-corrected chi connectivity index (χ4v) is 2.21. The smallest absolute Gasteiger partial charge is 0.322 e. The Morgan fingerprint density at radius 1 is 1.59 bits per heavy atom. The number of hydrogen-bond donors (Lipinski definition) is 2. The Morgan fingerprint density at radius 2 is 2.41 bits per heavy atom. The number of likely N-dealkylation sites (tertiary alicyclic amines) is 1. The zero-order chi connectivity index (χ0) is 12.3. The molecule has 2 rings (SSSR count). The van der Waals surface area contributed by atoms with Gasteiger partial charge in [0.2, 0.25) is 0 Å². The predicted octanol–water partition coefficient (Wildman–Crippen LogP) is 2.16. The Morgan fingerprint density at radius 3 is 3.06 bits per heavy atom. The maximum atomic E-state index is 12.0. The number of anilines is 1. The zero-order valence-corrected chi connectivity index (χ0v) is 10.1. The van der Waals surface area contributed by atoms with Crippen LogP contribution in [-0.4, -0.2) is 23.5 Å². The number of hydrogen-bond acceptors (Lipinski definition) is 2. The zero-order valence-electron chi connectivity index (χ0n) is 10.1. The summed E-state index contributed by atoms with van der Waals surface area (Å²) in [5.41, 5.74) is 7.41. The minimum absolute atomic E-state index is 0.0100. The quantitative estimate of drug-likeness (QED) is 0.822. The van der Waals surface area contributed by atoms with Gasteiger partial charge in [-0.05, 0) is 37.5 Å². The van der Waals surface area contributed by atoms with E-state index < -0.39 is 0 Å². The maximum Gasteiger partial charge on any atom is 0.322 e. The summed E-state index contributed by atoms with van der Waals surface area (Å²) in [6.45, 7) is 3.43. The van der Waals surface area contributed by atoms with Gasteiger partial charge >= 0.3 is 6.03 Å². The van der Waals surface area contributed by atoms with Gasteiger partial charge in [-0.2, -0.15) is 0 Å². The van der Waals surface area contributed by atoms with Crippen molar-refractivity contribution < 1.29 is 4.79 Å². The van der Waals surface area contributed by atoms with E-state index in [4.69, 9.17) is 5.73 Å². The van der Waals surface area contributed by atoms with E-state index in [1.807, 2.05) is 29.2 Å². The van der Waals surface area contributed by atoms with Crippen LogP contribution in [0.1, 0.15) is 25.3 Å². The van der Waals surface area contributed by atoms with E-state index in [-0.39, 0.29) is 6.03 Å². The normalized spacial score (nSPS) is 19.4. The fourth-order valence-electron chi connectivity index (χ4n) is 2.21. The summed E-state index contributed by atoms with van der Waals surface area (Å²) in [4.78, 5) is 13.9. The molecule has 1 unspecified atom stereocenters. The number of carbonyl (C=O) groups is 1. The second-order valence-corrected chi connectivity index (χ2v) is 4.52. The maximum absolute atomic E-state index is 12.0. The van der Waals surface area contributed by atoms with Crippen LogP contribution in [0.4, 0.5) is 10.5 Å². The molecule has 17 heavy (non-hydrogen) atoms. The molecule has 1 heterocycles. The highest BCUT2D eigenvalue weighted by Crippen LogP contribution is 2.18. The topological polar surface area (TPSA) is 58.4 Å². The molecular weight excluding hydrogens is 214 g/mol. The average Bonchev–Trinajstić information content (AvgIpc) is 2.76. The molecule has 1 aromatic rings. The van der Waals surface area contributed by atoms with Gasteiger partial charge in [-0.25, -0.2) is 4.79 Å². The van der Waals surface area contributed by atoms with Crippen molar-refractivity contribution in [2.24, 2.45) is 5.73 Å². The van der Waals surface area contributed by atoms with Gasteiger partial charge in [-0.15, -0.1) is 0 Å². The summed E-state index contributed by atoms with van der Waals surface area (Å²) in [5, 5.41) is 2.92. The summed E-state index contributed by atoms with van der Waals surface area (Å²) >= 11 is 0. The third-order valence-electron chi connectivity index (χ3n) is 3.23. The summed E-state index contributed by atoms with van der Waals surface area (Å²) in [6.07, 6.45) is 2.19. The minimum atomic E-state index is -0.0100. The van der Waals surface area contributed by atoms with Gasteiger partial charge in [0.25, 0.3) is 0 Å². The van der Waals surface area contributed by atoms with Crippen LogP contribution in [0.5, 0.6) is 0 Å². The molecule has 0 radical (unpaired) electrons. The second kappa shape index (κ2) is 5.19. The molecule has 3 N–H and O–H groups in total. The Kier molecular flexibility index (Phi) is 3.64. The summed E-state index contributed by atoms with van der Waals surface area (Å²) < 4.78 is 0. The lowest BCUT2D eigenvalue weighted by atomic mass is 10.2. The van der Waals surface area contributed by atoms with Crippen molar-refractivity contribution in [2.75, 3.05) is 11.9 Å². The van der Waals surface area contributed by atoms with Crippen molar-refractivity contribution in [3.8, 4) is 0 Å². The van der Waals surface area contributed by atoms with Crippen LogP contribution in [0, 0.1) is 0 Å². The van der Waals surface area contributed by atoms with E-state index >= 15 is 0 Å². The van der Waals surface area contributed by atoms with E-state index in [2.05, 4.69) is 12.2 Å². The van der Waals surface area contributed by atoms with Crippen LogP contribution in [0.25, 0.3) is 0 Å². The molecule has 4 heteroatoms. The highest BCUT2D eigenvalue weighted by Gasteiger charge is 2.24. The van der Waals surface area contributed by atoms with Gasteiger partial charge in [-0.3, -0.25) is 0 Å². The monoisotopic (exact) mass is 233 g/mol. The van der Waals surface area contributed by atoms with Gasteiger partial charge in [-0.1, -0.05) is 12.1 Å². The first-order chi connectivity index (χ1) is 8.20. The van der Waals surface area contributed by atoms with Crippen molar-refractivity contribution >= 4 is 11.7 Å². The van der Waals surface area contributed by atoms with Crippen molar-refractivity contribution in [1.29, 1.82) is 0 Å². The van der Waals surface area contributed by atoms with Gasteiger partial charge in [0, 0.05) is 24.8 Å². The Hall–Kier alpha value is -1.55. The third-order valence-corrected chi connectivity index (χ3v) is 3.23. The Balaban J connectivity index is 2.02. The number of amides is 2. The SMILES string of the molecule is CC1CCCN1C(=O)Nc1cccc(CN)c1. The molecule has 1 aromatic carbocycles. The standard InChI is InChI=1S/C13H19N3O/c1-10-4-3-7-16(10)13(17)15-12-6-2-5-11(8-12)9-14/h2,5-6,8,10H,3-4,7,9,14H2,1H3,(H,15,17). The molecule has 0 bridgehead atoms. The van der Waals surface area contributed by atoms with Crippen LogP contribution in [0.3, 0.4) is 0 Å². The number of carbonyl (C=O) groups excluding carboxylic acids is 1.